The van der Waals surface area contributed by atoms with Crippen LogP contribution in [-0.4, -0.2) is 13.1 Å². The lowest BCUT2D eigenvalue weighted by Crippen LogP contribution is -2.19. The summed E-state index contributed by atoms with van der Waals surface area (Å²) in [5.41, 5.74) is 0. The van der Waals surface area contributed by atoms with E-state index in [0.29, 0.717) is 0 Å². The molecule has 0 fully saturated rings. The Morgan fingerprint density at radius 1 is 1.75 bits per heavy atom. The van der Waals surface area contributed by atoms with Gasteiger partial charge in [0.2, 0.25) is 0 Å². The highest BCUT2D eigenvalue weighted by Gasteiger charge is 1.99. The Bertz CT molecular complexity index is 101. The van der Waals surface area contributed by atoms with Gasteiger partial charge in [0.05, 0.1) is 0 Å². The van der Waals surface area contributed by atoms with E-state index in [2.05, 4.69) is 23.1 Å². The van der Waals surface area contributed by atoms with Gasteiger partial charge in [-0.2, -0.15) is 0 Å². The highest BCUT2D eigenvalue weighted by molar-refractivity contribution is 8.70. The molecule has 0 amide bonds. The van der Waals surface area contributed by atoms with Crippen molar-refractivity contribution in [2.75, 3.05) is 13.1 Å². The van der Waals surface area contributed by atoms with Crippen LogP contribution in [0.4, 0.5) is 0 Å². The molecule has 0 atom stereocenters. The van der Waals surface area contributed by atoms with Crippen LogP contribution in [0.25, 0.3) is 0 Å². The highest BCUT2D eigenvalue weighted by atomic mass is 33.1. The molecule has 0 aromatic carbocycles. The third-order valence-electron chi connectivity index (χ3n) is 1.14. The first-order valence-electron chi connectivity index (χ1n) is 2.64. The molecule has 1 heterocycles. The first kappa shape index (κ1) is 6.52. The van der Waals surface area contributed by atoms with Crippen molar-refractivity contribution in [3.05, 3.63) is 11.0 Å². The Labute approximate surface area is 58.7 Å². The topological polar surface area (TPSA) is 12.0 Å². The second-order valence-corrected chi connectivity index (χ2v) is 2.97. The van der Waals surface area contributed by atoms with E-state index in [4.69, 9.17) is 0 Å². The molecule has 0 aromatic heterocycles. The molecule has 0 aliphatic carbocycles. The second-order valence-electron chi connectivity index (χ2n) is 1.72. The van der Waals surface area contributed by atoms with E-state index in [1.54, 1.807) is 10.8 Å². The van der Waals surface area contributed by atoms with Gasteiger partial charge in [-0.1, -0.05) is 16.9 Å². The van der Waals surface area contributed by atoms with Crippen molar-refractivity contribution in [3.63, 3.8) is 0 Å². The molecular weight excluding hydrogens is 138 g/mol. The van der Waals surface area contributed by atoms with Gasteiger partial charge in [0.15, 0.2) is 0 Å². The third kappa shape index (κ3) is 1.73. The number of hydrogen-bond acceptors (Lipinski definition) is 3. The smallest absolute Gasteiger partial charge is 0.0146 e. The van der Waals surface area contributed by atoms with Gasteiger partial charge in [-0.25, -0.2) is 0 Å². The van der Waals surface area contributed by atoms with Crippen LogP contribution in [0, 0.1) is 0 Å². The largest absolute Gasteiger partial charge is 0.313 e. The molecule has 8 heavy (non-hydrogen) atoms. The van der Waals surface area contributed by atoms with Crippen molar-refractivity contribution in [2.45, 2.75) is 6.42 Å². The molecule has 1 nitrogen and oxygen atoms in total. The Morgan fingerprint density at radius 3 is 3.00 bits per heavy atom. The van der Waals surface area contributed by atoms with Crippen LogP contribution in [0.1, 0.15) is 6.42 Å². The number of rotatable bonds is 1. The summed E-state index contributed by atoms with van der Waals surface area (Å²) in [6, 6.07) is 0. The zero-order valence-corrected chi connectivity index (χ0v) is 6.27. The van der Waals surface area contributed by atoms with Gasteiger partial charge in [-0.3, -0.25) is 0 Å². The summed E-state index contributed by atoms with van der Waals surface area (Å²) in [5, 5.41) is 3.23. The minimum absolute atomic E-state index is 1.02. The predicted octanol–water partition coefficient (Wildman–Crippen LogP) is 1.44. The zero-order valence-electron chi connectivity index (χ0n) is 4.55. The summed E-state index contributed by atoms with van der Waals surface area (Å²) in [5.74, 6) is 0. The van der Waals surface area contributed by atoms with Crippen molar-refractivity contribution >= 4 is 22.5 Å². The Balaban J connectivity index is 2.37. The quantitative estimate of drug-likeness (QED) is 0.430. The lowest BCUT2D eigenvalue weighted by Gasteiger charge is -2.09. The number of thiol groups is 1. The maximum absolute atomic E-state index is 4.08. The average Bonchev–Trinajstić information content (AvgIpc) is 1.90. The minimum atomic E-state index is 1.02. The van der Waals surface area contributed by atoms with Gasteiger partial charge in [0.25, 0.3) is 0 Å². The van der Waals surface area contributed by atoms with E-state index < -0.39 is 0 Å². The van der Waals surface area contributed by atoms with Gasteiger partial charge >= 0.3 is 0 Å². The number of nitrogens with one attached hydrogen (secondary N) is 1. The predicted molar refractivity (Wildman–Crippen MR) is 42.1 cm³/mol. The van der Waals surface area contributed by atoms with Gasteiger partial charge in [-0.15, -0.1) is 11.7 Å². The van der Waals surface area contributed by atoms with Crippen molar-refractivity contribution in [2.24, 2.45) is 0 Å². The molecule has 0 bridgehead atoms. The zero-order chi connectivity index (χ0) is 5.82. The van der Waals surface area contributed by atoms with Crippen LogP contribution in [0.15, 0.2) is 11.0 Å². The molecule has 0 unspecified atom stereocenters. The molecule has 0 saturated carbocycles. The lowest BCUT2D eigenvalue weighted by atomic mass is 10.3. The van der Waals surface area contributed by atoms with Gasteiger partial charge in [0.1, 0.15) is 0 Å². The van der Waals surface area contributed by atoms with Gasteiger partial charge in [-0.05, 0) is 17.9 Å². The molecular formula is C5H9NS2. The normalized spacial score (nSPS) is 20.4. The van der Waals surface area contributed by atoms with Crippen LogP contribution < -0.4 is 5.32 Å². The van der Waals surface area contributed by atoms with E-state index in [0.717, 1.165) is 19.5 Å². The Hall–Kier alpha value is 0.400. The van der Waals surface area contributed by atoms with E-state index in [-0.39, 0.29) is 0 Å². The first-order valence-corrected chi connectivity index (χ1v) is 4.51. The van der Waals surface area contributed by atoms with Crippen molar-refractivity contribution in [1.82, 2.24) is 5.32 Å². The fraction of sp³-hybridized carbons (Fsp3) is 0.600. The van der Waals surface area contributed by atoms with Crippen molar-refractivity contribution in [1.29, 1.82) is 0 Å². The fourth-order valence-corrected chi connectivity index (χ4v) is 1.53. The standard InChI is InChI=1S/C5H9NS2/c7-8-5-1-3-6-4-2-5/h1,6-7H,2-4H2. The summed E-state index contributed by atoms with van der Waals surface area (Å²) < 4.78 is 0. The molecule has 46 valence electrons. The Morgan fingerprint density at radius 2 is 2.62 bits per heavy atom. The molecule has 0 radical (unpaired) electrons. The SMILES string of the molecule is SSC1=CCNCC1. The molecule has 3 heteroatoms. The third-order valence-corrected chi connectivity index (χ3v) is 2.45. The second kappa shape index (κ2) is 3.43. The Kier molecular flexibility index (Phi) is 2.80. The maximum atomic E-state index is 4.08. The van der Waals surface area contributed by atoms with Crippen LogP contribution in [0.5, 0.6) is 0 Å². The van der Waals surface area contributed by atoms with E-state index in [1.165, 1.54) is 4.91 Å². The highest BCUT2D eigenvalue weighted by Crippen LogP contribution is 2.22. The minimum Gasteiger partial charge on any atom is -0.313 e. The molecule has 0 spiro atoms. The van der Waals surface area contributed by atoms with Crippen molar-refractivity contribution in [3.8, 4) is 0 Å². The summed E-state index contributed by atoms with van der Waals surface area (Å²) in [6.45, 7) is 2.13. The van der Waals surface area contributed by atoms with E-state index in [9.17, 15) is 0 Å². The number of hydrogen-bond donors (Lipinski definition) is 2. The van der Waals surface area contributed by atoms with Crippen LogP contribution in [0.3, 0.4) is 0 Å². The average molecular weight is 147 g/mol. The molecule has 1 rings (SSSR count). The van der Waals surface area contributed by atoms with Gasteiger partial charge in [0, 0.05) is 6.54 Å². The molecule has 1 aliphatic rings. The fourth-order valence-electron chi connectivity index (χ4n) is 0.685. The van der Waals surface area contributed by atoms with E-state index in [1.807, 2.05) is 0 Å². The summed E-state index contributed by atoms with van der Waals surface area (Å²) in [6.07, 6.45) is 3.33. The first-order chi connectivity index (χ1) is 3.93. The summed E-state index contributed by atoms with van der Waals surface area (Å²) in [4.78, 5) is 1.40. The van der Waals surface area contributed by atoms with Crippen molar-refractivity contribution < 1.29 is 0 Å². The summed E-state index contributed by atoms with van der Waals surface area (Å²) >= 11 is 4.08. The monoisotopic (exact) mass is 147 g/mol. The van der Waals surface area contributed by atoms with Crippen LogP contribution in [-0.2, 0) is 0 Å². The van der Waals surface area contributed by atoms with Crippen LogP contribution in [0.2, 0.25) is 0 Å². The van der Waals surface area contributed by atoms with E-state index >= 15 is 0 Å². The van der Waals surface area contributed by atoms with Crippen LogP contribution >= 0.6 is 22.5 Å². The van der Waals surface area contributed by atoms with Gasteiger partial charge < -0.3 is 5.32 Å². The summed E-state index contributed by atoms with van der Waals surface area (Å²) in [7, 11) is 1.56. The molecule has 0 aromatic rings. The molecule has 0 saturated heterocycles. The lowest BCUT2D eigenvalue weighted by molar-refractivity contribution is 0.723. The molecule has 1 N–H and O–H groups in total. The molecule has 1 aliphatic heterocycles. The maximum Gasteiger partial charge on any atom is 0.0146 e.